The first-order valence-electron chi connectivity index (χ1n) is 7.90. The molecule has 7 heteroatoms. The molecule has 0 aliphatic carbocycles. The molecule has 0 aliphatic heterocycles. The third-order valence-corrected chi connectivity index (χ3v) is 4.84. The molecule has 25 heavy (non-hydrogen) atoms. The SMILES string of the molecule is CC(=O)NCCn1nc(-c2sc(-c3ccccc3)nc2C)ccc1=O. The van der Waals surface area contributed by atoms with E-state index in [0.29, 0.717) is 18.8 Å². The Bertz CT molecular complexity index is 947. The third-order valence-electron chi connectivity index (χ3n) is 3.61. The highest BCUT2D eigenvalue weighted by molar-refractivity contribution is 7.18. The molecule has 3 rings (SSSR count). The zero-order valence-electron chi connectivity index (χ0n) is 14.0. The van der Waals surface area contributed by atoms with Crippen LogP contribution in [-0.2, 0) is 11.3 Å². The van der Waals surface area contributed by atoms with Gasteiger partial charge in [0.15, 0.2) is 0 Å². The van der Waals surface area contributed by atoms with Crippen molar-refractivity contribution in [3.8, 4) is 21.1 Å². The van der Waals surface area contributed by atoms with Gasteiger partial charge in [0.1, 0.15) is 10.7 Å². The van der Waals surface area contributed by atoms with Crippen molar-refractivity contribution in [2.75, 3.05) is 6.54 Å². The van der Waals surface area contributed by atoms with E-state index < -0.39 is 0 Å². The van der Waals surface area contributed by atoms with Crippen molar-refractivity contribution in [3.05, 3.63) is 58.5 Å². The minimum atomic E-state index is -0.195. The highest BCUT2D eigenvalue weighted by Gasteiger charge is 2.13. The lowest BCUT2D eigenvalue weighted by Crippen LogP contribution is -2.30. The van der Waals surface area contributed by atoms with Gasteiger partial charge in [0, 0.05) is 25.1 Å². The number of amides is 1. The largest absolute Gasteiger partial charge is 0.354 e. The van der Waals surface area contributed by atoms with Gasteiger partial charge in [-0.05, 0) is 13.0 Å². The Morgan fingerprint density at radius 1 is 1.20 bits per heavy atom. The van der Waals surface area contributed by atoms with Gasteiger partial charge in [0.05, 0.1) is 17.1 Å². The highest BCUT2D eigenvalue weighted by atomic mass is 32.1. The monoisotopic (exact) mass is 354 g/mol. The molecule has 2 aromatic heterocycles. The van der Waals surface area contributed by atoms with E-state index in [-0.39, 0.29) is 11.5 Å². The summed E-state index contributed by atoms with van der Waals surface area (Å²) in [5.74, 6) is -0.130. The molecule has 0 saturated carbocycles. The van der Waals surface area contributed by atoms with Gasteiger partial charge in [-0.2, -0.15) is 5.10 Å². The normalized spacial score (nSPS) is 10.6. The van der Waals surface area contributed by atoms with E-state index in [0.717, 1.165) is 21.1 Å². The van der Waals surface area contributed by atoms with Gasteiger partial charge in [0.2, 0.25) is 5.91 Å². The fourth-order valence-electron chi connectivity index (χ4n) is 2.41. The number of nitrogens with one attached hydrogen (secondary N) is 1. The Morgan fingerprint density at radius 3 is 2.68 bits per heavy atom. The van der Waals surface area contributed by atoms with Crippen molar-refractivity contribution < 1.29 is 4.79 Å². The Balaban J connectivity index is 1.90. The number of hydrogen-bond acceptors (Lipinski definition) is 5. The van der Waals surface area contributed by atoms with Gasteiger partial charge < -0.3 is 5.32 Å². The van der Waals surface area contributed by atoms with E-state index in [1.165, 1.54) is 17.7 Å². The van der Waals surface area contributed by atoms with Gasteiger partial charge in [-0.1, -0.05) is 30.3 Å². The molecule has 1 aromatic carbocycles. The van der Waals surface area contributed by atoms with Crippen molar-refractivity contribution >= 4 is 17.2 Å². The summed E-state index contributed by atoms with van der Waals surface area (Å²) in [7, 11) is 0. The van der Waals surface area contributed by atoms with Crippen LogP contribution in [0, 0.1) is 6.92 Å². The van der Waals surface area contributed by atoms with Gasteiger partial charge >= 0.3 is 0 Å². The predicted octanol–water partition coefficient (Wildman–Crippen LogP) is 2.48. The summed E-state index contributed by atoms with van der Waals surface area (Å²) < 4.78 is 1.37. The van der Waals surface area contributed by atoms with Crippen molar-refractivity contribution in [1.29, 1.82) is 0 Å². The van der Waals surface area contributed by atoms with Crippen LogP contribution in [0.1, 0.15) is 12.6 Å². The van der Waals surface area contributed by atoms with Gasteiger partial charge in [-0.3, -0.25) is 9.59 Å². The number of nitrogens with zero attached hydrogens (tertiary/aromatic N) is 3. The van der Waals surface area contributed by atoms with Crippen LogP contribution >= 0.6 is 11.3 Å². The number of rotatable bonds is 5. The molecule has 6 nitrogen and oxygen atoms in total. The molecule has 1 amide bonds. The van der Waals surface area contributed by atoms with Crippen LogP contribution in [0.3, 0.4) is 0 Å². The van der Waals surface area contributed by atoms with Crippen LogP contribution in [0.15, 0.2) is 47.3 Å². The number of carbonyl (C=O) groups excluding carboxylic acids is 1. The highest BCUT2D eigenvalue weighted by Crippen LogP contribution is 2.33. The van der Waals surface area contributed by atoms with Gasteiger partial charge in [-0.25, -0.2) is 9.67 Å². The second kappa shape index (κ2) is 7.40. The zero-order chi connectivity index (χ0) is 17.8. The second-order valence-electron chi connectivity index (χ2n) is 5.56. The molecule has 0 unspecified atom stereocenters. The number of thiazole rings is 1. The average Bonchev–Trinajstić information content (AvgIpc) is 2.99. The molecule has 0 spiro atoms. The van der Waals surface area contributed by atoms with Crippen molar-refractivity contribution in [2.24, 2.45) is 0 Å². The number of aryl methyl sites for hydroxylation is 1. The van der Waals surface area contributed by atoms with E-state index in [1.807, 2.05) is 37.3 Å². The first kappa shape index (κ1) is 17.0. The molecule has 0 aliphatic rings. The van der Waals surface area contributed by atoms with Crippen molar-refractivity contribution in [1.82, 2.24) is 20.1 Å². The molecule has 128 valence electrons. The second-order valence-corrected chi connectivity index (χ2v) is 6.56. The maximum Gasteiger partial charge on any atom is 0.266 e. The summed E-state index contributed by atoms with van der Waals surface area (Å²) in [6.45, 7) is 4.07. The summed E-state index contributed by atoms with van der Waals surface area (Å²) in [5, 5.41) is 8.02. The van der Waals surface area contributed by atoms with Crippen molar-refractivity contribution in [2.45, 2.75) is 20.4 Å². The molecule has 2 heterocycles. The quantitative estimate of drug-likeness (QED) is 0.764. The lowest BCUT2D eigenvalue weighted by molar-refractivity contribution is -0.118. The van der Waals surface area contributed by atoms with E-state index >= 15 is 0 Å². The van der Waals surface area contributed by atoms with Gasteiger partial charge in [-0.15, -0.1) is 11.3 Å². The molecule has 3 aromatic rings. The molecule has 1 N–H and O–H groups in total. The van der Waals surface area contributed by atoms with Crippen LogP contribution in [0.2, 0.25) is 0 Å². The molecule has 0 saturated heterocycles. The lowest BCUT2D eigenvalue weighted by atomic mass is 10.2. The lowest BCUT2D eigenvalue weighted by Gasteiger charge is -2.06. The van der Waals surface area contributed by atoms with E-state index in [2.05, 4.69) is 15.4 Å². The summed E-state index contributed by atoms with van der Waals surface area (Å²) >= 11 is 1.55. The Morgan fingerprint density at radius 2 is 1.96 bits per heavy atom. The van der Waals surface area contributed by atoms with Crippen LogP contribution < -0.4 is 10.9 Å². The van der Waals surface area contributed by atoms with Crippen molar-refractivity contribution in [3.63, 3.8) is 0 Å². The Hall–Kier alpha value is -2.80. The molecular formula is C18H18N4O2S. The topological polar surface area (TPSA) is 76.9 Å². The zero-order valence-corrected chi connectivity index (χ0v) is 14.8. The smallest absolute Gasteiger partial charge is 0.266 e. The third kappa shape index (κ3) is 4.00. The predicted molar refractivity (Wildman–Crippen MR) is 98.5 cm³/mol. The summed E-state index contributed by atoms with van der Waals surface area (Å²) in [4.78, 5) is 28.5. The first-order chi connectivity index (χ1) is 12.0. The minimum absolute atomic E-state index is 0.130. The number of aromatic nitrogens is 3. The fourth-order valence-corrected chi connectivity index (χ4v) is 3.44. The summed E-state index contributed by atoms with van der Waals surface area (Å²) in [6.07, 6.45) is 0. The maximum atomic E-state index is 12.0. The standard InChI is InChI=1S/C18H18N4O2S/c1-12-17(25-18(20-12)14-6-4-3-5-7-14)15-8-9-16(24)22(21-15)11-10-19-13(2)23/h3-9H,10-11H2,1-2H3,(H,19,23). The van der Waals surface area contributed by atoms with E-state index in [9.17, 15) is 9.59 Å². The fraction of sp³-hybridized carbons (Fsp3) is 0.222. The Kier molecular flexibility index (Phi) is 5.04. The summed E-state index contributed by atoms with van der Waals surface area (Å²) in [5.41, 5.74) is 2.45. The van der Waals surface area contributed by atoms with Gasteiger partial charge in [0.25, 0.3) is 5.56 Å². The van der Waals surface area contributed by atoms with Crippen LogP contribution in [-0.4, -0.2) is 27.2 Å². The van der Waals surface area contributed by atoms with Crippen LogP contribution in [0.4, 0.5) is 0 Å². The average molecular weight is 354 g/mol. The number of hydrogen-bond donors (Lipinski definition) is 1. The van der Waals surface area contributed by atoms with Crippen LogP contribution in [0.25, 0.3) is 21.1 Å². The number of benzene rings is 1. The molecule has 0 atom stereocenters. The molecular weight excluding hydrogens is 336 g/mol. The maximum absolute atomic E-state index is 12.0. The van der Waals surface area contributed by atoms with E-state index in [4.69, 9.17) is 0 Å². The number of carbonyl (C=O) groups is 1. The Labute approximate surface area is 149 Å². The first-order valence-corrected chi connectivity index (χ1v) is 8.72. The molecule has 0 radical (unpaired) electrons. The van der Waals surface area contributed by atoms with Crippen LogP contribution in [0.5, 0.6) is 0 Å². The summed E-state index contributed by atoms with van der Waals surface area (Å²) in [6, 6.07) is 13.2. The molecule has 0 bridgehead atoms. The molecule has 0 fully saturated rings. The minimum Gasteiger partial charge on any atom is -0.354 e. The van der Waals surface area contributed by atoms with E-state index in [1.54, 1.807) is 17.4 Å².